The number of hydrogen-bond donors (Lipinski definition) is 1. The second-order valence-corrected chi connectivity index (χ2v) is 12.6. The van der Waals surface area contributed by atoms with E-state index in [1.807, 2.05) is 0 Å². The van der Waals surface area contributed by atoms with E-state index in [0.717, 1.165) is 0 Å². The van der Waals surface area contributed by atoms with Crippen molar-refractivity contribution in [2.75, 3.05) is 6.61 Å². The summed E-state index contributed by atoms with van der Waals surface area (Å²) in [4.78, 5) is 52.8. The molecule has 52 heavy (non-hydrogen) atoms. The fourth-order valence-corrected chi connectivity index (χ4v) is 5.78. The Hall–Kier alpha value is -5.87. The minimum absolute atomic E-state index is 0.0225. The van der Waals surface area contributed by atoms with Gasteiger partial charge in [0.2, 0.25) is 12.4 Å². The van der Waals surface area contributed by atoms with Crippen molar-refractivity contribution < 1.29 is 59.6 Å². The Balaban J connectivity index is 1.46. The van der Waals surface area contributed by atoms with Crippen LogP contribution >= 0.6 is 0 Å². The zero-order valence-corrected chi connectivity index (χ0v) is 28.0. The second-order valence-electron chi connectivity index (χ2n) is 11.5. The maximum Gasteiger partial charge on any atom is 0.397 e. The van der Waals surface area contributed by atoms with Gasteiger partial charge >= 0.3 is 33.9 Å². The van der Waals surface area contributed by atoms with Crippen molar-refractivity contribution in [3.8, 4) is 5.75 Å². The Labute approximate surface area is 296 Å². The number of carbonyl (C=O) groups is 3. The van der Waals surface area contributed by atoms with Crippen molar-refractivity contribution in [3.63, 3.8) is 0 Å². The molecule has 15 heteroatoms. The van der Waals surface area contributed by atoms with Crippen LogP contribution < -0.4 is 10.4 Å². The van der Waals surface area contributed by atoms with Gasteiger partial charge in [-0.25, -0.2) is 23.4 Å². The maximum absolute atomic E-state index is 13.6. The third-order valence-corrected chi connectivity index (χ3v) is 8.34. The number of fused-ring (bicyclic) bond motifs is 1. The predicted octanol–water partition coefficient (Wildman–Crippen LogP) is 4.70. The first-order valence-corrected chi connectivity index (χ1v) is 17.1. The van der Waals surface area contributed by atoms with Crippen molar-refractivity contribution in [2.45, 2.75) is 37.6 Å². The van der Waals surface area contributed by atoms with E-state index in [2.05, 4.69) is 4.18 Å². The summed E-state index contributed by atoms with van der Waals surface area (Å²) in [6.07, 6.45) is -8.55. The average Bonchev–Trinajstić information content (AvgIpc) is 3.13. The number of carbonyl (C=O) groups excluding carboxylic acids is 3. The van der Waals surface area contributed by atoms with E-state index < -0.39 is 71.2 Å². The number of esters is 3. The zero-order valence-electron chi connectivity index (χ0n) is 27.2. The summed E-state index contributed by atoms with van der Waals surface area (Å²) in [7, 11) is -5.08. The Morgan fingerprint density at radius 1 is 0.692 bits per heavy atom. The quantitative estimate of drug-likeness (QED) is 0.0851. The minimum atomic E-state index is -5.08. The predicted molar refractivity (Wildman–Crippen MR) is 181 cm³/mol. The van der Waals surface area contributed by atoms with Gasteiger partial charge in [-0.05, 0) is 61.0 Å². The molecule has 5 atom stereocenters. The van der Waals surface area contributed by atoms with Gasteiger partial charge in [-0.15, -0.1) is 0 Å². The standard InChI is InChI=1S/C37H30O14S/c1-22-19-30(38)47-28-20-26(17-18-27(22)28)46-37-33(51-36(41)25-15-9-4-10-16-25)32(50-35(40)24-13-7-3-8-14-24)31(29(48-37)21-45-52(42,43)44)49-34(39)23-11-5-2-6-12-23/h2-20,29,31-33,37H,21H2,1H3,(H,42,43,44)/t29-,31+,32+,33-,37+/m0/s1. The van der Waals surface area contributed by atoms with Crippen LogP contribution in [0.5, 0.6) is 5.75 Å². The molecule has 0 spiro atoms. The zero-order chi connectivity index (χ0) is 36.8. The summed E-state index contributed by atoms with van der Waals surface area (Å²) >= 11 is 0. The molecule has 1 saturated heterocycles. The Bertz CT molecular complexity index is 2220. The number of ether oxygens (including phenoxy) is 5. The van der Waals surface area contributed by atoms with E-state index in [9.17, 15) is 32.1 Å². The Morgan fingerprint density at radius 2 is 1.19 bits per heavy atom. The van der Waals surface area contributed by atoms with Crippen LogP contribution in [-0.4, -0.2) is 68.2 Å². The third kappa shape index (κ3) is 8.70. The molecule has 1 aliphatic rings. The largest absolute Gasteiger partial charge is 0.461 e. The van der Waals surface area contributed by atoms with Crippen LogP contribution in [0.15, 0.2) is 124 Å². The van der Waals surface area contributed by atoms with Crippen LogP contribution in [0.4, 0.5) is 0 Å². The molecule has 5 aromatic rings. The Morgan fingerprint density at radius 3 is 1.71 bits per heavy atom. The third-order valence-electron chi connectivity index (χ3n) is 7.91. The van der Waals surface area contributed by atoms with Crippen LogP contribution in [0.1, 0.15) is 36.6 Å². The molecule has 14 nitrogen and oxygen atoms in total. The fourth-order valence-electron chi connectivity index (χ4n) is 5.47. The van der Waals surface area contributed by atoms with Crippen molar-refractivity contribution in [2.24, 2.45) is 0 Å². The molecule has 2 heterocycles. The topological polar surface area (TPSA) is 191 Å². The van der Waals surface area contributed by atoms with Gasteiger partial charge < -0.3 is 28.1 Å². The molecule has 6 rings (SSSR count). The first kappa shape index (κ1) is 35.9. The smallest absolute Gasteiger partial charge is 0.397 e. The van der Waals surface area contributed by atoms with Crippen LogP contribution in [0.25, 0.3) is 11.0 Å². The minimum Gasteiger partial charge on any atom is -0.461 e. The summed E-state index contributed by atoms with van der Waals surface area (Å²) in [6, 6.07) is 29.0. The molecule has 1 aliphatic heterocycles. The molecule has 0 bridgehead atoms. The molecular formula is C37H30O14S. The molecule has 4 aromatic carbocycles. The van der Waals surface area contributed by atoms with Crippen molar-refractivity contribution >= 4 is 39.3 Å². The fraction of sp³-hybridized carbons (Fsp3) is 0.189. The first-order chi connectivity index (χ1) is 24.9. The summed E-state index contributed by atoms with van der Waals surface area (Å²) in [6.45, 7) is 0.738. The van der Waals surface area contributed by atoms with E-state index in [1.165, 1.54) is 54.6 Å². The van der Waals surface area contributed by atoms with Crippen molar-refractivity contribution in [1.82, 2.24) is 0 Å². The van der Waals surface area contributed by atoms with E-state index in [4.69, 9.17) is 28.1 Å². The molecule has 1 fully saturated rings. The van der Waals surface area contributed by atoms with Crippen LogP contribution in [0.2, 0.25) is 0 Å². The Kier molecular flexibility index (Phi) is 10.8. The summed E-state index contributed by atoms with van der Waals surface area (Å²) in [5, 5.41) is 0.588. The summed E-state index contributed by atoms with van der Waals surface area (Å²) < 4.78 is 72.8. The van der Waals surface area contributed by atoms with E-state index in [0.29, 0.717) is 10.9 Å². The second kappa shape index (κ2) is 15.6. The molecule has 0 aliphatic carbocycles. The summed E-state index contributed by atoms with van der Waals surface area (Å²) in [5.41, 5.74) is 0.368. The normalized spacial score (nSPS) is 20.1. The SMILES string of the molecule is Cc1cc(=O)oc2cc(O[C@@H]3O[C@@H](COS(=O)(=O)O)[C@@H](OC(=O)c4ccccc4)[C@@H](OC(=O)c4ccccc4)[C@@H]3OC(=O)c3ccccc3)ccc12. The molecule has 0 unspecified atom stereocenters. The lowest BCUT2D eigenvalue weighted by molar-refractivity contribution is -0.274. The van der Waals surface area contributed by atoms with Gasteiger partial charge in [0.1, 0.15) is 17.4 Å². The van der Waals surface area contributed by atoms with Crippen molar-refractivity contribution in [3.05, 3.63) is 148 Å². The first-order valence-electron chi connectivity index (χ1n) is 15.7. The van der Waals surface area contributed by atoms with E-state index in [-0.39, 0.29) is 28.0 Å². The number of hydrogen-bond acceptors (Lipinski definition) is 13. The highest BCUT2D eigenvalue weighted by Crippen LogP contribution is 2.33. The molecule has 0 saturated carbocycles. The number of aryl methyl sites for hydroxylation is 1. The van der Waals surface area contributed by atoms with Crippen molar-refractivity contribution in [1.29, 1.82) is 0 Å². The van der Waals surface area contributed by atoms with Gasteiger partial charge in [0, 0.05) is 17.5 Å². The molecular weight excluding hydrogens is 700 g/mol. The van der Waals surface area contributed by atoms with E-state index >= 15 is 0 Å². The van der Waals surface area contributed by atoms with Gasteiger partial charge in [0.15, 0.2) is 12.2 Å². The van der Waals surface area contributed by atoms with Crippen LogP contribution in [0.3, 0.4) is 0 Å². The molecule has 0 amide bonds. The van der Waals surface area contributed by atoms with Gasteiger partial charge in [0.05, 0.1) is 23.3 Å². The highest BCUT2D eigenvalue weighted by Gasteiger charge is 2.54. The molecule has 1 aromatic heterocycles. The number of benzene rings is 4. The lowest BCUT2D eigenvalue weighted by Gasteiger charge is -2.44. The summed E-state index contributed by atoms with van der Waals surface area (Å²) in [5.74, 6) is -2.77. The highest BCUT2D eigenvalue weighted by atomic mass is 32.3. The van der Waals surface area contributed by atoms with Gasteiger partial charge in [0.25, 0.3) is 0 Å². The lowest BCUT2D eigenvalue weighted by Crippen LogP contribution is -2.63. The monoisotopic (exact) mass is 730 g/mol. The van der Waals surface area contributed by atoms with Gasteiger partial charge in [-0.3, -0.25) is 4.55 Å². The lowest BCUT2D eigenvalue weighted by atomic mass is 9.97. The maximum atomic E-state index is 13.6. The van der Waals surface area contributed by atoms with Crippen LogP contribution in [0, 0.1) is 6.92 Å². The average molecular weight is 731 g/mol. The van der Waals surface area contributed by atoms with Crippen LogP contribution in [-0.2, 0) is 33.5 Å². The number of rotatable bonds is 11. The molecule has 0 radical (unpaired) electrons. The van der Waals surface area contributed by atoms with E-state index in [1.54, 1.807) is 67.6 Å². The molecule has 1 N–H and O–H groups in total. The van der Waals surface area contributed by atoms with Gasteiger partial charge in [-0.1, -0.05) is 54.6 Å². The van der Waals surface area contributed by atoms with Gasteiger partial charge in [-0.2, -0.15) is 8.42 Å². The highest BCUT2D eigenvalue weighted by molar-refractivity contribution is 7.80. The molecule has 268 valence electrons.